The van der Waals surface area contributed by atoms with Crippen molar-refractivity contribution < 1.29 is 9.53 Å². The monoisotopic (exact) mass is 317 g/mol. The summed E-state index contributed by atoms with van der Waals surface area (Å²) in [6.45, 7) is 2.16. The molecule has 1 saturated heterocycles. The zero-order chi connectivity index (χ0) is 15.2. The van der Waals surface area contributed by atoms with Crippen LogP contribution in [0.1, 0.15) is 27.5 Å². The van der Waals surface area contributed by atoms with Crippen molar-refractivity contribution in [1.29, 1.82) is 0 Å². The van der Waals surface area contributed by atoms with E-state index < -0.39 is 0 Å². The van der Waals surface area contributed by atoms with E-state index in [-0.39, 0.29) is 5.91 Å². The number of thiophene rings is 1. The van der Waals surface area contributed by atoms with Gasteiger partial charge in [-0.05, 0) is 42.8 Å². The lowest BCUT2D eigenvalue weighted by atomic mass is 10.1. The smallest absolute Gasteiger partial charge is 0.271 e. The van der Waals surface area contributed by atoms with Gasteiger partial charge in [0.25, 0.3) is 5.91 Å². The quantitative estimate of drug-likeness (QED) is 0.886. The van der Waals surface area contributed by atoms with Crippen LogP contribution in [0.25, 0.3) is 0 Å². The molecule has 1 atom stereocenters. The predicted molar refractivity (Wildman–Crippen MR) is 85.0 cm³/mol. The Hall–Kier alpha value is -1.79. The highest BCUT2D eigenvalue weighted by molar-refractivity contribution is 7.09. The Morgan fingerprint density at radius 1 is 1.32 bits per heavy atom. The van der Waals surface area contributed by atoms with Gasteiger partial charge in [0.05, 0.1) is 12.3 Å². The van der Waals surface area contributed by atoms with Crippen LogP contribution in [-0.4, -0.2) is 35.9 Å². The largest absolute Gasteiger partial charge is 0.381 e. The fourth-order valence-electron chi connectivity index (χ4n) is 2.39. The highest BCUT2D eigenvalue weighted by Gasteiger charge is 2.17. The van der Waals surface area contributed by atoms with Gasteiger partial charge in [0, 0.05) is 23.9 Å². The van der Waals surface area contributed by atoms with Gasteiger partial charge in [-0.3, -0.25) is 4.79 Å². The third-order valence-electron chi connectivity index (χ3n) is 3.74. The number of amides is 1. The first-order chi connectivity index (χ1) is 10.8. The summed E-state index contributed by atoms with van der Waals surface area (Å²) in [5, 5.41) is 13.2. The summed E-state index contributed by atoms with van der Waals surface area (Å²) in [6, 6.07) is 7.80. The number of nitrogens with zero attached hydrogens (tertiary/aromatic N) is 2. The summed E-state index contributed by atoms with van der Waals surface area (Å²) < 4.78 is 5.29. The molecule has 2 aromatic heterocycles. The number of aromatic nitrogens is 2. The van der Waals surface area contributed by atoms with Gasteiger partial charge >= 0.3 is 0 Å². The molecule has 3 heterocycles. The van der Waals surface area contributed by atoms with E-state index in [1.165, 1.54) is 4.88 Å². The number of aryl methyl sites for hydroxylation is 2. The van der Waals surface area contributed by atoms with Crippen LogP contribution in [0.15, 0.2) is 29.6 Å². The van der Waals surface area contributed by atoms with Gasteiger partial charge in [0.15, 0.2) is 5.69 Å². The van der Waals surface area contributed by atoms with E-state index >= 15 is 0 Å². The molecule has 0 spiro atoms. The van der Waals surface area contributed by atoms with Crippen molar-refractivity contribution in [3.8, 4) is 0 Å². The second-order valence-electron chi connectivity index (χ2n) is 5.43. The first kappa shape index (κ1) is 15.1. The molecule has 3 rings (SSSR count). The number of carbonyl (C=O) groups excluding carboxylic acids is 1. The van der Waals surface area contributed by atoms with Gasteiger partial charge in [0.2, 0.25) is 0 Å². The second kappa shape index (κ2) is 7.47. The van der Waals surface area contributed by atoms with Crippen LogP contribution in [0.3, 0.4) is 0 Å². The van der Waals surface area contributed by atoms with E-state index in [0.29, 0.717) is 18.2 Å². The van der Waals surface area contributed by atoms with Crippen LogP contribution in [-0.2, 0) is 17.6 Å². The lowest BCUT2D eigenvalue weighted by Gasteiger charge is -2.08. The Kier molecular flexibility index (Phi) is 5.13. The van der Waals surface area contributed by atoms with Gasteiger partial charge in [-0.15, -0.1) is 16.4 Å². The molecular formula is C16H19N3O2S. The molecule has 0 saturated carbocycles. The molecule has 2 aromatic rings. The Labute approximate surface area is 133 Å². The topological polar surface area (TPSA) is 64.1 Å². The van der Waals surface area contributed by atoms with Crippen molar-refractivity contribution in [1.82, 2.24) is 15.5 Å². The van der Waals surface area contributed by atoms with E-state index in [1.807, 2.05) is 6.07 Å². The summed E-state index contributed by atoms with van der Waals surface area (Å²) in [6.07, 6.45) is 2.81. The highest BCUT2D eigenvalue weighted by atomic mass is 32.1. The Balaban J connectivity index is 1.48. The van der Waals surface area contributed by atoms with Gasteiger partial charge in [0.1, 0.15) is 0 Å². The minimum atomic E-state index is -0.163. The van der Waals surface area contributed by atoms with Crippen LogP contribution < -0.4 is 5.32 Å². The molecule has 1 unspecified atom stereocenters. The first-order valence-corrected chi connectivity index (χ1v) is 8.40. The van der Waals surface area contributed by atoms with E-state index in [2.05, 4.69) is 33.0 Å². The van der Waals surface area contributed by atoms with Crippen molar-refractivity contribution >= 4 is 17.2 Å². The molecule has 1 aliphatic rings. The predicted octanol–water partition coefficient (Wildman–Crippen LogP) is 2.09. The second-order valence-corrected chi connectivity index (χ2v) is 6.46. The van der Waals surface area contributed by atoms with Crippen LogP contribution in [0.4, 0.5) is 0 Å². The lowest BCUT2D eigenvalue weighted by Crippen LogP contribution is -2.30. The van der Waals surface area contributed by atoms with E-state index in [4.69, 9.17) is 4.74 Å². The van der Waals surface area contributed by atoms with E-state index in [9.17, 15) is 4.79 Å². The van der Waals surface area contributed by atoms with Gasteiger partial charge in [-0.1, -0.05) is 6.07 Å². The molecule has 1 amide bonds. The number of hydrogen-bond acceptors (Lipinski definition) is 5. The molecule has 0 aliphatic carbocycles. The fraction of sp³-hybridized carbons (Fsp3) is 0.438. The Morgan fingerprint density at radius 3 is 2.95 bits per heavy atom. The molecule has 1 N–H and O–H groups in total. The van der Waals surface area contributed by atoms with Crippen molar-refractivity contribution in [3.05, 3.63) is 45.9 Å². The molecule has 0 aromatic carbocycles. The van der Waals surface area contributed by atoms with Crippen molar-refractivity contribution in [2.24, 2.45) is 5.92 Å². The zero-order valence-electron chi connectivity index (χ0n) is 12.3. The summed E-state index contributed by atoms with van der Waals surface area (Å²) >= 11 is 1.75. The summed E-state index contributed by atoms with van der Waals surface area (Å²) in [5.74, 6) is 0.256. The number of carbonyl (C=O) groups is 1. The molecule has 0 radical (unpaired) electrons. The molecule has 5 nitrogen and oxygen atoms in total. The van der Waals surface area contributed by atoms with Crippen molar-refractivity contribution in [2.45, 2.75) is 19.3 Å². The molecule has 116 valence electrons. The van der Waals surface area contributed by atoms with Crippen LogP contribution >= 0.6 is 11.3 Å². The number of nitrogens with one attached hydrogen (secondary N) is 1. The average Bonchev–Trinajstić information content (AvgIpc) is 3.24. The fourth-order valence-corrected chi connectivity index (χ4v) is 3.10. The molecule has 6 heteroatoms. The maximum Gasteiger partial charge on any atom is 0.271 e. The zero-order valence-corrected chi connectivity index (χ0v) is 13.1. The normalized spacial score (nSPS) is 17.5. The minimum absolute atomic E-state index is 0.163. The Morgan fingerprint density at radius 2 is 2.27 bits per heavy atom. The number of ether oxygens (including phenoxy) is 1. The molecule has 1 aliphatic heterocycles. The minimum Gasteiger partial charge on any atom is -0.381 e. The lowest BCUT2D eigenvalue weighted by molar-refractivity contribution is 0.0939. The SMILES string of the molecule is O=C(NCC1CCOC1)c1ccc(CCc2cccs2)nn1. The first-order valence-electron chi connectivity index (χ1n) is 7.52. The third kappa shape index (κ3) is 4.11. The van der Waals surface area contributed by atoms with E-state index in [0.717, 1.165) is 38.2 Å². The molecule has 22 heavy (non-hydrogen) atoms. The standard InChI is InChI=1S/C16H19N3O2S/c20-16(17-10-12-7-8-21-11-12)15-6-4-13(18-19-15)3-5-14-2-1-9-22-14/h1-2,4,6,9,12H,3,5,7-8,10-11H2,(H,17,20). The van der Waals surface area contributed by atoms with Crippen LogP contribution in [0.2, 0.25) is 0 Å². The molecule has 0 bridgehead atoms. The average molecular weight is 317 g/mol. The third-order valence-corrected chi connectivity index (χ3v) is 4.67. The maximum atomic E-state index is 12.0. The highest BCUT2D eigenvalue weighted by Crippen LogP contribution is 2.12. The van der Waals surface area contributed by atoms with E-state index in [1.54, 1.807) is 17.4 Å². The van der Waals surface area contributed by atoms with Crippen molar-refractivity contribution in [3.63, 3.8) is 0 Å². The number of hydrogen-bond donors (Lipinski definition) is 1. The van der Waals surface area contributed by atoms with Gasteiger partial charge in [-0.25, -0.2) is 0 Å². The van der Waals surface area contributed by atoms with Gasteiger partial charge in [-0.2, -0.15) is 5.10 Å². The summed E-state index contributed by atoms with van der Waals surface area (Å²) in [7, 11) is 0. The maximum absolute atomic E-state index is 12.0. The summed E-state index contributed by atoms with van der Waals surface area (Å²) in [4.78, 5) is 13.3. The van der Waals surface area contributed by atoms with Crippen LogP contribution in [0, 0.1) is 5.92 Å². The molecular weight excluding hydrogens is 298 g/mol. The Bertz CT molecular complexity index is 592. The summed E-state index contributed by atoms with van der Waals surface area (Å²) in [5.41, 5.74) is 1.29. The molecule has 1 fully saturated rings. The number of rotatable bonds is 6. The van der Waals surface area contributed by atoms with Gasteiger partial charge < -0.3 is 10.1 Å². The van der Waals surface area contributed by atoms with Crippen LogP contribution in [0.5, 0.6) is 0 Å². The van der Waals surface area contributed by atoms with Crippen molar-refractivity contribution in [2.75, 3.05) is 19.8 Å².